The Bertz CT molecular complexity index is 579. The van der Waals surface area contributed by atoms with E-state index in [-0.39, 0.29) is 29.6 Å². The number of hydrogen-bond donors (Lipinski definition) is 3. The van der Waals surface area contributed by atoms with Crippen LogP contribution in [0.15, 0.2) is 12.1 Å². The number of rotatable bonds is 5. The first-order valence-corrected chi connectivity index (χ1v) is 6.65. The van der Waals surface area contributed by atoms with E-state index in [9.17, 15) is 19.5 Å². The summed E-state index contributed by atoms with van der Waals surface area (Å²) in [6, 6.07) is 3.32. The van der Waals surface area contributed by atoms with Gasteiger partial charge in [-0.1, -0.05) is 12.1 Å². The number of amides is 2. The summed E-state index contributed by atoms with van der Waals surface area (Å²) >= 11 is 0. The molecule has 6 nitrogen and oxygen atoms in total. The first-order chi connectivity index (χ1) is 9.73. The van der Waals surface area contributed by atoms with E-state index in [0.717, 1.165) is 0 Å². The zero-order valence-electron chi connectivity index (χ0n) is 12.6. The van der Waals surface area contributed by atoms with Crippen molar-refractivity contribution in [3.63, 3.8) is 0 Å². The minimum Gasteiger partial charge on any atom is -0.478 e. The van der Waals surface area contributed by atoms with Gasteiger partial charge in [0, 0.05) is 6.04 Å². The lowest BCUT2D eigenvalue weighted by Crippen LogP contribution is -2.40. The Labute approximate surface area is 123 Å². The summed E-state index contributed by atoms with van der Waals surface area (Å²) in [7, 11) is 0. The highest BCUT2D eigenvalue weighted by Crippen LogP contribution is 2.18. The van der Waals surface area contributed by atoms with Crippen molar-refractivity contribution in [3.8, 4) is 0 Å². The molecule has 3 N–H and O–H groups in total. The van der Waals surface area contributed by atoms with Crippen LogP contribution >= 0.6 is 0 Å². The average molecular weight is 292 g/mol. The summed E-state index contributed by atoms with van der Waals surface area (Å²) in [5.74, 6) is -2.04. The highest BCUT2D eigenvalue weighted by molar-refractivity contribution is 6.07. The molecule has 1 rings (SSSR count). The van der Waals surface area contributed by atoms with E-state index in [4.69, 9.17) is 0 Å². The minimum absolute atomic E-state index is 0.0234. The number of carbonyl (C=O) groups excluding carboxylic acids is 2. The summed E-state index contributed by atoms with van der Waals surface area (Å²) in [6.07, 6.45) is 0. The van der Waals surface area contributed by atoms with Crippen molar-refractivity contribution in [2.75, 3.05) is 6.54 Å². The van der Waals surface area contributed by atoms with Crippen LogP contribution < -0.4 is 10.6 Å². The first kappa shape index (κ1) is 16.7. The Balaban J connectivity index is 2.95. The van der Waals surface area contributed by atoms with E-state index in [1.807, 2.05) is 13.8 Å². The van der Waals surface area contributed by atoms with Gasteiger partial charge in [0.1, 0.15) is 0 Å². The van der Waals surface area contributed by atoms with Gasteiger partial charge >= 0.3 is 5.97 Å². The van der Waals surface area contributed by atoms with Crippen molar-refractivity contribution in [1.82, 2.24) is 10.6 Å². The molecule has 0 saturated heterocycles. The zero-order chi connectivity index (χ0) is 16.2. The molecule has 2 amide bonds. The molecule has 0 saturated carbocycles. The molecule has 0 aliphatic rings. The first-order valence-electron chi connectivity index (χ1n) is 6.65. The van der Waals surface area contributed by atoms with Crippen LogP contribution in [0.5, 0.6) is 0 Å². The molecule has 0 aliphatic heterocycles. The standard InChI is InChI=1S/C15H20N2O4/c1-8(2)17-11(18)7-16-14(19)12-9(3)5-6-10(4)13(12)15(20)21/h5-6,8H,7H2,1-4H3,(H,16,19)(H,17,18)(H,20,21). The zero-order valence-corrected chi connectivity index (χ0v) is 12.6. The molecule has 0 heterocycles. The monoisotopic (exact) mass is 292 g/mol. The van der Waals surface area contributed by atoms with Crippen LogP contribution in [-0.2, 0) is 4.79 Å². The lowest BCUT2D eigenvalue weighted by Gasteiger charge is -2.13. The number of carbonyl (C=O) groups is 3. The fourth-order valence-electron chi connectivity index (χ4n) is 2.00. The van der Waals surface area contributed by atoms with Gasteiger partial charge in [0.2, 0.25) is 5.91 Å². The molecular weight excluding hydrogens is 272 g/mol. The molecule has 0 aromatic heterocycles. The molecule has 114 valence electrons. The third-order valence-corrected chi connectivity index (χ3v) is 2.92. The molecule has 0 bridgehead atoms. The van der Waals surface area contributed by atoms with E-state index in [0.29, 0.717) is 11.1 Å². The highest BCUT2D eigenvalue weighted by Gasteiger charge is 2.21. The summed E-state index contributed by atoms with van der Waals surface area (Å²) < 4.78 is 0. The van der Waals surface area contributed by atoms with Crippen LogP contribution in [0.2, 0.25) is 0 Å². The molecule has 6 heteroatoms. The van der Waals surface area contributed by atoms with Crippen LogP contribution in [0.1, 0.15) is 45.7 Å². The van der Waals surface area contributed by atoms with Crippen molar-refractivity contribution in [1.29, 1.82) is 0 Å². The Morgan fingerprint density at radius 2 is 1.62 bits per heavy atom. The van der Waals surface area contributed by atoms with Gasteiger partial charge in [0.25, 0.3) is 5.91 Å². The number of hydrogen-bond acceptors (Lipinski definition) is 3. The second-order valence-corrected chi connectivity index (χ2v) is 5.16. The number of aryl methyl sites for hydroxylation is 2. The second kappa shape index (κ2) is 6.88. The van der Waals surface area contributed by atoms with Gasteiger partial charge in [0.05, 0.1) is 17.7 Å². The molecular formula is C15H20N2O4. The molecule has 0 radical (unpaired) electrons. The fourth-order valence-corrected chi connectivity index (χ4v) is 2.00. The molecule has 21 heavy (non-hydrogen) atoms. The van der Waals surface area contributed by atoms with Gasteiger partial charge in [0.15, 0.2) is 0 Å². The molecule has 1 aromatic carbocycles. The number of carboxylic acid groups (broad SMARTS) is 1. The van der Waals surface area contributed by atoms with Crippen LogP contribution in [0.4, 0.5) is 0 Å². The maximum absolute atomic E-state index is 12.2. The number of carboxylic acids is 1. The maximum atomic E-state index is 12.2. The second-order valence-electron chi connectivity index (χ2n) is 5.16. The predicted octanol–water partition coefficient (Wildman–Crippen LogP) is 1.26. The summed E-state index contributed by atoms with van der Waals surface area (Å²) in [6.45, 7) is 6.73. The predicted molar refractivity (Wildman–Crippen MR) is 78.5 cm³/mol. The van der Waals surface area contributed by atoms with E-state index >= 15 is 0 Å². The third kappa shape index (κ3) is 4.30. The highest BCUT2D eigenvalue weighted by atomic mass is 16.4. The Hall–Kier alpha value is -2.37. The average Bonchev–Trinajstić information content (AvgIpc) is 2.37. The Kier molecular flexibility index (Phi) is 5.46. The van der Waals surface area contributed by atoms with Crippen molar-refractivity contribution in [2.45, 2.75) is 33.7 Å². The van der Waals surface area contributed by atoms with Crippen LogP contribution in [-0.4, -0.2) is 35.5 Å². The SMILES string of the molecule is Cc1ccc(C)c(C(=O)NCC(=O)NC(C)C)c1C(=O)O. The van der Waals surface area contributed by atoms with Crippen LogP contribution in [0.3, 0.4) is 0 Å². The van der Waals surface area contributed by atoms with Gasteiger partial charge in [-0.25, -0.2) is 4.79 Å². The summed E-state index contributed by atoms with van der Waals surface area (Å²) in [4.78, 5) is 35.0. The van der Waals surface area contributed by atoms with Crippen molar-refractivity contribution >= 4 is 17.8 Å². The van der Waals surface area contributed by atoms with Gasteiger partial charge in [-0.3, -0.25) is 9.59 Å². The summed E-state index contributed by atoms with van der Waals surface area (Å²) in [5, 5.41) is 14.4. The lowest BCUT2D eigenvalue weighted by atomic mass is 9.96. The number of benzene rings is 1. The van der Waals surface area contributed by atoms with Crippen molar-refractivity contribution in [3.05, 3.63) is 34.4 Å². The molecule has 0 fully saturated rings. The molecule has 0 aliphatic carbocycles. The van der Waals surface area contributed by atoms with Gasteiger partial charge in [-0.05, 0) is 38.8 Å². The van der Waals surface area contributed by atoms with Crippen molar-refractivity contribution in [2.24, 2.45) is 0 Å². The third-order valence-electron chi connectivity index (χ3n) is 2.92. The number of aromatic carboxylic acids is 1. The molecule has 0 spiro atoms. The molecule has 0 unspecified atom stereocenters. The minimum atomic E-state index is -1.16. The van der Waals surface area contributed by atoms with Crippen molar-refractivity contribution < 1.29 is 19.5 Å². The van der Waals surface area contributed by atoms with Gasteiger partial charge < -0.3 is 15.7 Å². The van der Waals surface area contributed by atoms with Crippen LogP contribution in [0, 0.1) is 13.8 Å². The Morgan fingerprint density at radius 3 is 2.10 bits per heavy atom. The van der Waals surface area contributed by atoms with E-state index < -0.39 is 11.9 Å². The smallest absolute Gasteiger partial charge is 0.336 e. The summed E-state index contributed by atoms with van der Waals surface area (Å²) in [5.41, 5.74) is 1.13. The molecule has 0 atom stereocenters. The maximum Gasteiger partial charge on any atom is 0.336 e. The van der Waals surface area contributed by atoms with E-state index in [2.05, 4.69) is 10.6 Å². The van der Waals surface area contributed by atoms with Gasteiger partial charge in [-0.2, -0.15) is 0 Å². The largest absolute Gasteiger partial charge is 0.478 e. The number of nitrogens with one attached hydrogen (secondary N) is 2. The van der Waals surface area contributed by atoms with E-state index in [1.54, 1.807) is 26.0 Å². The topological polar surface area (TPSA) is 95.5 Å². The fraction of sp³-hybridized carbons (Fsp3) is 0.400. The lowest BCUT2D eigenvalue weighted by molar-refractivity contribution is -0.120. The Morgan fingerprint density at radius 1 is 1.10 bits per heavy atom. The van der Waals surface area contributed by atoms with Gasteiger partial charge in [-0.15, -0.1) is 0 Å². The normalized spacial score (nSPS) is 10.3. The molecule has 1 aromatic rings. The van der Waals surface area contributed by atoms with E-state index in [1.165, 1.54) is 0 Å². The van der Waals surface area contributed by atoms with Crippen LogP contribution in [0.25, 0.3) is 0 Å². The quantitative estimate of drug-likeness (QED) is 0.761.